The molecule has 1 aliphatic carbocycles. The third kappa shape index (κ3) is 4.51. The van der Waals surface area contributed by atoms with Gasteiger partial charge >= 0.3 is 0 Å². The lowest BCUT2D eigenvalue weighted by Crippen LogP contribution is -2.71. The van der Waals surface area contributed by atoms with Gasteiger partial charge in [-0.1, -0.05) is 44.2 Å². The van der Waals surface area contributed by atoms with Gasteiger partial charge < -0.3 is 20.5 Å². The van der Waals surface area contributed by atoms with E-state index in [0.717, 1.165) is 31.1 Å². The Labute approximate surface area is 174 Å². The molecule has 1 heterocycles. The Balaban J connectivity index is 0.00000243. The van der Waals surface area contributed by atoms with Crippen LogP contribution in [0, 0.1) is 11.3 Å². The average molecular weight is 473 g/mol. The number of nitrogens with one attached hydrogen (secondary N) is 2. The van der Waals surface area contributed by atoms with Crippen molar-refractivity contribution >= 4 is 29.9 Å². The van der Waals surface area contributed by atoms with Crippen LogP contribution >= 0.6 is 24.0 Å². The molecule has 2 fully saturated rings. The van der Waals surface area contributed by atoms with E-state index in [1.807, 2.05) is 30.3 Å². The molecule has 1 aromatic carbocycles. The maximum absolute atomic E-state index is 10.4. The standard InChI is InChI=1S/C20H31N3O2.HI/c1-4-21-19(22-13-16(24)14-9-6-5-7-10-14)23-17-15-11-8-12-25-18(15)20(17,2)3;/h5-7,9-10,15-18,24H,4,8,11-13H2,1-3H3,(H2,21,22,23);1H. The van der Waals surface area contributed by atoms with Crippen molar-refractivity contribution in [3.05, 3.63) is 35.9 Å². The van der Waals surface area contributed by atoms with Gasteiger partial charge in [-0.15, -0.1) is 24.0 Å². The lowest BCUT2D eigenvalue weighted by molar-refractivity contribution is -0.188. The second-order valence-corrected chi connectivity index (χ2v) is 7.69. The first-order valence-corrected chi connectivity index (χ1v) is 9.43. The van der Waals surface area contributed by atoms with Gasteiger partial charge in [-0.05, 0) is 25.3 Å². The quantitative estimate of drug-likeness (QED) is 0.350. The van der Waals surface area contributed by atoms with Gasteiger partial charge in [-0.25, -0.2) is 0 Å². The molecule has 5 nitrogen and oxygen atoms in total. The smallest absolute Gasteiger partial charge is 0.191 e. The zero-order valence-electron chi connectivity index (χ0n) is 15.9. The summed E-state index contributed by atoms with van der Waals surface area (Å²) in [6, 6.07) is 10.0. The largest absolute Gasteiger partial charge is 0.386 e. The first-order chi connectivity index (χ1) is 12.0. The van der Waals surface area contributed by atoms with Gasteiger partial charge in [0.15, 0.2) is 5.96 Å². The van der Waals surface area contributed by atoms with E-state index < -0.39 is 6.10 Å². The van der Waals surface area contributed by atoms with Crippen molar-refractivity contribution in [3.63, 3.8) is 0 Å². The van der Waals surface area contributed by atoms with Crippen molar-refractivity contribution in [1.82, 2.24) is 10.6 Å². The van der Waals surface area contributed by atoms with Crippen molar-refractivity contribution in [3.8, 4) is 0 Å². The number of aliphatic imine (C=N–C) groups is 1. The second kappa shape index (κ2) is 9.37. The van der Waals surface area contributed by atoms with E-state index in [1.165, 1.54) is 6.42 Å². The molecule has 0 radical (unpaired) electrons. The Hall–Kier alpha value is -0.860. The topological polar surface area (TPSA) is 65.9 Å². The molecule has 3 N–H and O–H groups in total. The maximum atomic E-state index is 10.4. The Kier molecular flexibility index (Phi) is 7.73. The molecular weight excluding hydrogens is 441 g/mol. The fourth-order valence-corrected chi connectivity index (χ4v) is 4.24. The molecule has 146 valence electrons. The molecule has 2 aliphatic rings. The van der Waals surface area contributed by atoms with Crippen LogP contribution in [0.2, 0.25) is 0 Å². The summed E-state index contributed by atoms with van der Waals surface area (Å²) in [5, 5.41) is 17.3. The van der Waals surface area contributed by atoms with E-state index in [1.54, 1.807) is 0 Å². The fraction of sp³-hybridized carbons (Fsp3) is 0.650. The number of hydrogen-bond acceptors (Lipinski definition) is 3. The van der Waals surface area contributed by atoms with Crippen molar-refractivity contribution in [2.24, 2.45) is 16.3 Å². The molecule has 1 saturated carbocycles. The van der Waals surface area contributed by atoms with Crippen LogP contribution in [0.25, 0.3) is 0 Å². The first kappa shape index (κ1) is 21.4. The summed E-state index contributed by atoms with van der Waals surface area (Å²) in [5.41, 5.74) is 0.992. The molecule has 1 aromatic rings. The van der Waals surface area contributed by atoms with Gasteiger partial charge in [0.25, 0.3) is 0 Å². The van der Waals surface area contributed by atoms with Crippen molar-refractivity contribution < 1.29 is 9.84 Å². The number of ether oxygens (including phenoxy) is 1. The molecule has 0 bridgehead atoms. The molecule has 1 aliphatic heterocycles. The summed E-state index contributed by atoms with van der Waals surface area (Å²) in [6.07, 6.45) is 2.10. The lowest BCUT2D eigenvalue weighted by Gasteiger charge is -2.60. The molecule has 3 rings (SSSR count). The predicted octanol–water partition coefficient (Wildman–Crippen LogP) is 3.10. The highest BCUT2D eigenvalue weighted by atomic mass is 127. The zero-order valence-corrected chi connectivity index (χ0v) is 18.3. The molecule has 4 atom stereocenters. The molecule has 0 spiro atoms. The number of benzene rings is 1. The van der Waals surface area contributed by atoms with Gasteiger partial charge in [-0.3, -0.25) is 4.99 Å². The van der Waals surface area contributed by atoms with E-state index in [4.69, 9.17) is 4.74 Å². The van der Waals surface area contributed by atoms with Crippen LogP contribution in [0.3, 0.4) is 0 Å². The van der Waals surface area contributed by atoms with Gasteiger partial charge in [-0.2, -0.15) is 0 Å². The fourth-order valence-electron chi connectivity index (χ4n) is 4.24. The first-order valence-electron chi connectivity index (χ1n) is 9.43. The third-order valence-corrected chi connectivity index (χ3v) is 5.57. The third-order valence-electron chi connectivity index (χ3n) is 5.57. The summed E-state index contributed by atoms with van der Waals surface area (Å²) < 4.78 is 5.98. The van der Waals surface area contributed by atoms with Gasteiger partial charge in [0.05, 0.1) is 18.8 Å². The van der Waals surface area contributed by atoms with Crippen LogP contribution in [0.4, 0.5) is 0 Å². The van der Waals surface area contributed by atoms with Crippen molar-refractivity contribution in [2.45, 2.75) is 51.9 Å². The molecular formula is C20H32IN3O2. The molecule has 1 saturated heterocycles. The summed E-state index contributed by atoms with van der Waals surface area (Å²) in [4.78, 5) is 4.62. The van der Waals surface area contributed by atoms with Crippen LogP contribution < -0.4 is 10.6 Å². The second-order valence-electron chi connectivity index (χ2n) is 7.69. The highest BCUT2D eigenvalue weighted by molar-refractivity contribution is 14.0. The summed E-state index contributed by atoms with van der Waals surface area (Å²) in [6.45, 7) is 8.61. The van der Waals surface area contributed by atoms with Crippen LogP contribution in [-0.4, -0.2) is 42.9 Å². The number of aliphatic hydroxyl groups is 1. The van der Waals surface area contributed by atoms with E-state index >= 15 is 0 Å². The number of aliphatic hydroxyl groups excluding tert-OH is 1. The molecule has 26 heavy (non-hydrogen) atoms. The monoisotopic (exact) mass is 473 g/mol. The minimum atomic E-state index is -0.586. The van der Waals surface area contributed by atoms with Gasteiger partial charge in [0, 0.05) is 30.5 Å². The van der Waals surface area contributed by atoms with E-state index in [2.05, 4.69) is 36.4 Å². The Morgan fingerprint density at radius 1 is 1.35 bits per heavy atom. The highest BCUT2D eigenvalue weighted by Gasteiger charge is 2.58. The molecule has 6 heteroatoms. The predicted molar refractivity (Wildman–Crippen MR) is 116 cm³/mol. The number of guanidine groups is 1. The van der Waals surface area contributed by atoms with Crippen molar-refractivity contribution in [2.75, 3.05) is 19.7 Å². The Morgan fingerprint density at radius 3 is 2.77 bits per heavy atom. The van der Waals surface area contributed by atoms with Crippen LogP contribution in [-0.2, 0) is 4.74 Å². The maximum Gasteiger partial charge on any atom is 0.191 e. The number of hydrogen-bond donors (Lipinski definition) is 3. The average Bonchev–Trinajstić information content (AvgIpc) is 2.64. The minimum absolute atomic E-state index is 0. The van der Waals surface area contributed by atoms with E-state index in [0.29, 0.717) is 24.6 Å². The minimum Gasteiger partial charge on any atom is -0.386 e. The van der Waals surface area contributed by atoms with E-state index in [9.17, 15) is 5.11 Å². The highest BCUT2D eigenvalue weighted by Crippen LogP contribution is 2.51. The molecule has 4 unspecified atom stereocenters. The zero-order chi connectivity index (χ0) is 17.9. The number of fused-ring (bicyclic) bond motifs is 1. The van der Waals surface area contributed by atoms with Gasteiger partial charge in [0.2, 0.25) is 0 Å². The van der Waals surface area contributed by atoms with Crippen LogP contribution in [0.15, 0.2) is 35.3 Å². The van der Waals surface area contributed by atoms with E-state index in [-0.39, 0.29) is 29.4 Å². The van der Waals surface area contributed by atoms with Crippen LogP contribution in [0.1, 0.15) is 45.3 Å². The summed E-state index contributed by atoms with van der Waals surface area (Å²) in [5.74, 6) is 1.33. The Bertz CT molecular complexity index is 594. The number of nitrogens with zero attached hydrogens (tertiary/aromatic N) is 1. The summed E-state index contributed by atoms with van der Waals surface area (Å²) >= 11 is 0. The van der Waals surface area contributed by atoms with Gasteiger partial charge in [0.1, 0.15) is 0 Å². The SMILES string of the molecule is CCNC(=NCC(O)c1ccccc1)NC1C2CCCOC2C1(C)C.I. The normalized spacial score (nSPS) is 28.2. The molecule has 0 amide bonds. The number of rotatable bonds is 5. The Morgan fingerprint density at radius 2 is 2.08 bits per heavy atom. The molecule has 0 aromatic heterocycles. The lowest BCUT2D eigenvalue weighted by atomic mass is 9.55. The van der Waals surface area contributed by atoms with Crippen molar-refractivity contribution in [1.29, 1.82) is 0 Å². The number of halogens is 1. The summed E-state index contributed by atoms with van der Waals surface area (Å²) in [7, 11) is 0. The van der Waals surface area contributed by atoms with Crippen LogP contribution in [0.5, 0.6) is 0 Å².